The molecule has 0 bridgehead atoms. The van der Waals surface area contributed by atoms with Gasteiger partial charge in [0.2, 0.25) is 0 Å². The van der Waals surface area contributed by atoms with Gasteiger partial charge in [-0.15, -0.1) is 0 Å². The van der Waals surface area contributed by atoms with E-state index in [0.717, 1.165) is 37.5 Å². The molecular weight excluding hydrogens is 266 g/mol. The van der Waals surface area contributed by atoms with Crippen molar-refractivity contribution in [2.75, 3.05) is 25.5 Å². The molecular formula is C16H25N3O2. The summed E-state index contributed by atoms with van der Waals surface area (Å²) < 4.78 is 0. The van der Waals surface area contributed by atoms with Crippen LogP contribution in [-0.4, -0.2) is 30.0 Å². The lowest BCUT2D eigenvalue weighted by molar-refractivity contribution is -0.384. The normalized spacial score (nSPS) is 15.0. The van der Waals surface area contributed by atoms with Crippen molar-refractivity contribution in [3.8, 4) is 0 Å². The predicted molar refractivity (Wildman–Crippen MR) is 85.6 cm³/mol. The summed E-state index contributed by atoms with van der Waals surface area (Å²) >= 11 is 0. The summed E-state index contributed by atoms with van der Waals surface area (Å²) in [7, 11) is 2.12. The highest BCUT2D eigenvalue weighted by molar-refractivity contribution is 5.62. The zero-order valence-electron chi connectivity index (χ0n) is 13.0. The quantitative estimate of drug-likeness (QED) is 0.586. The SMILES string of the molecule is CCCNc1cc(CN(C)CC2CCC2)ccc1[N+](=O)[O-]. The van der Waals surface area contributed by atoms with Crippen LogP contribution in [0, 0.1) is 16.0 Å². The molecule has 0 aliphatic heterocycles. The summed E-state index contributed by atoms with van der Waals surface area (Å²) in [5.74, 6) is 0.839. The van der Waals surface area contributed by atoms with Crippen LogP contribution in [0.4, 0.5) is 11.4 Å². The summed E-state index contributed by atoms with van der Waals surface area (Å²) in [6, 6.07) is 5.40. The molecule has 1 fully saturated rings. The van der Waals surface area contributed by atoms with E-state index in [1.807, 2.05) is 12.1 Å². The van der Waals surface area contributed by atoms with Gasteiger partial charge in [-0.2, -0.15) is 0 Å². The lowest BCUT2D eigenvalue weighted by Gasteiger charge is -2.30. The number of hydrogen-bond donors (Lipinski definition) is 1. The van der Waals surface area contributed by atoms with Crippen molar-refractivity contribution >= 4 is 11.4 Å². The van der Waals surface area contributed by atoms with Gasteiger partial charge in [0.1, 0.15) is 5.69 Å². The largest absolute Gasteiger partial charge is 0.379 e. The molecule has 2 rings (SSSR count). The maximum absolute atomic E-state index is 11.1. The molecule has 0 heterocycles. The Morgan fingerprint density at radius 1 is 1.43 bits per heavy atom. The molecule has 116 valence electrons. The van der Waals surface area contributed by atoms with Crippen LogP contribution in [0.2, 0.25) is 0 Å². The first-order valence-electron chi connectivity index (χ1n) is 7.80. The van der Waals surface area contributed by atoms with Gasteiger partial charge in [0.15, 0.2) is 0 Å². The highest BCUT2D eigenvalue weighted by atomic mass is 16.6. The van der Waals surface area contributed by atoms with Gasteiger partial charge in [-0.25, -0.2) is 0 Å². The standard InChI is InChI=1S/C16H25N3O2/c1-3-9-17-15-10-14(7-8-16(15)19(20)21)12-18(2)11-13-5-4-6-13/h7-8,10,13,17H,3-6,9,11-12H2,1-2H3. The Hall–Kier alpha value is -1.62. The minimum absolute atomic E-state index is 0.161. The fraction of sp³-hybridized carbons (Fsp3) is 0.625. The zero-order chi connectivity index (χ0) is 15.2. The molecule has 5 heteroatoms. The highest BCUT2D eigenvalue weighted by Gasteiger charge is 2.19. The molecule has 0 spiro atoms. The number of nitrogens with zero attached hydrogens (tertiary/aromatic N) is 2. The Morgan fingerprint density at radius 3 is 2.76 bits per heavy atom. The second-order valence-electron chi connectivity index (χ2n) is 6.03. The number of benzene rings is 1. The van der Waals surface area contributed by atoms with Crippen LogP contribution in [0.25, 0.3) is 0 Å². The number of nitro groups is 1. The number of nitrogens with one attached hydrogen (secondary N) is 1. The van der Waals surface area contributed by atoms with Crippen LogP contribution >= 0.6 is 0 Å². The van der Waals surface area contributed by atoms with E-state index in [1.165, 1.54) is 19.3 Å². The van der Waals surface area contributed by atoms with Crippen LogP contribution in [0.3, 0.4) is 0 Å². The van der Waals surface area contributed by atoms with Gasteiger partial charge in [-0.3, -0.25) is 10.1 Å². The number of nitro benzene ring substituents is 1. The van der Waals surface area contributed by atoms with E-state index in [0.29, 0.717) is 5.69 Å². The summed E-state index contributed by atoms with van der Waals surface area (Å²) in [6.07, 6.45) is 4.99. The fourth-order valence-electron chi connectivity index (χ4n) is 2.73. The van der Waals surface area contributed by atoms with E-state index >= 15 is 0 Å². The predicted octanol–water partition coefficient (Wildman–Crippen LogP) is 3.65. The van der Waals surface area contributed by atoms with Crippen molar-refractivity contribution in [1.29, 1.82) is 0 Å². The van der Waals surface area contributed by atoms with Crippen molar-refractivity contribution < 1.29 is 4.92 Å². The molecule has 0 radical (unpaired) electrons. The molecule has 1 N–H and O–H groups in total. The van der Waals surface area contributed by atoms with Crippen LogP contribution < -0.4 is 5.32 Å². The lowest BCUT2D eigenvalue weighted by Crippen LogP contribution is -2.29. The molecule has 0 aromatic heterocycles. The van der Waals surface area contributed by atoms with Gasteiger partial charge < -0.3 is 10.2 Å². The second kappa shape index (κ2) is 7.41. The average Bonchev–Trinajstić information content (AvgIpc) is 2.40. The third-order valence-electron chi connectivity index (χ3n) is 4.07. The fourth-order valence-corrected chi connectivity index (χ4v) is 2.73. The van der Waals surface area contributed by atoms with E-state index in [-0.39, 0.29) is 10.6 Å². The maximum Gasteiger partial charge on any atom is 0.292 e. The Kier molecular flexibility index (Phi) is 5.56. The first-order chi connectivity index (χ1) is 10.1. The molecule has 5 nitrogen and oxygen atoms in total. The van der Waals surface area contributed by atoms with Gasteiger partial charge >= 0.3 is 0 Å². The summed E-state index contributed by atoms with van der Waals surface area (Å²) in [6.45, 7) is 4.77. The van der Waals surface area contributed by atoms with Gasteiger partial charge in [0.05, 0.1) is 4.92 Å². The number of anilines is 1. The average molecular weight is 291 g/mol. The monoisotopic (exact) mass is 291 g/mol. The minimum atomic E-state index is -0.320. The van der Waals surface area contributed by atoms with Crippen molar-refractivity contribution in [2.24, 2.45) is 5.92 Å². The molecule has 0 unspecified atom stereocenters. The van der Waals surface area contributed by atoms with Crippen molar-refractivity contribution in [3.63, 3.8) is 0 Å². The molecule has 0 saturated heterocycles. The zero-order valence-corrected chi connectivity index (χ0v) is 13.0. The van der Waals surface area contributed by atoms with Crippen LogP contribution in [-0.2, 0) is 6.54 Å². The molecule has 1 aliphatic rings. The second-order valence-corrected chi connectivity index (χ2v) is 6.03. The van der Waals surface area contributed by atoms with Gasteiger partial charge in [0.25, 0.3) is 5.69 Å². The first kappa shape index (κ1) is 15.8. The third-order valence-corrected chi connectivity index (χ3v) is 4.07. The van der Waals surface area contributed by atoms with Gasteiger partial charge in [-0.05, 0) is 43.9 Å². The van der Waals surface area contributed by atoms with Crippen molar-refractivity contribution in [2.45, 2.75) is 39.2 Å². The summed E-state index contributed by atoms with van der Waals surface area (Å²) in [5.41, 5.74) is 1.92. The molecule has 21 heavy (non-hydrogen) atoms. The molecule has 1 aromatic rings. The van der Waals surface area contributed by atoms with Crippen molar-refractivity contribution in [1.82, 2.24) is 4.90 Å². The van der Waals surface area contributed by atoms with Crippen LogP contribution in [0.15, 0.2) is 18.2 Å². The van der Waals surface area contributed by atoms with Crippen molar-refractivity contribution in [3.05, 3.63) is 33.9 Å². The Labute approximate surface area is 126 Å². The highest BCUT2D eigenvalue weighted by Crippen LogP contribution is 2.28. The summed E-state index contributed by atoms with van der Waals surface area (Å²) in [5, 5.41) is 14.2. The first-order valence-corrected chi connectivity index (χ1v) is 7.80. The van der Waals surface area contributed by atoms with E-state index in [4.69, 9.17) is 0 Å². The Balaban J connectivity index is 2.02. The topological polar surface area (TPSA) is 58.4 Å². The smallest absolute Gasteiger partial charge is 0.292 e. The molecule has 1 saturated carbocycles. The molecule has 0 atom stereocenters. The summed E-state index contributed by atoms with van der Waals surface area (Å²) in [4.78, 5) is 13.1. The van der Waals surface area contributed by atoms with E-state index in [2.05, 4.69) is 24.2 Å². The Bertz CT molecular complexity index is 486. The molecule has 1 aliphatic carbocycles. The van der Waals surface area contributed by atoms with E-state index in [1.54, 1.807) is 6.07 Å². The third kappa shape index (κ3) is 4.43. The molecule has 1 aromatic carbocycles. The lowest BCUT2D eigenvalue weighted by atomic mass is 9.85. The van der Waals surface area contributed by atoms with Crippen LogP contribution in [0.1, 0.15) is 38.2 Å². The number of hydrogen-bond acceptors (Lipinski definition) is 4. The van der Waals surface area contributed by atoms with E-state index < -0.39 is 0 Å². The Morgan fingerprint density at radius 2 is 2.19 bits per heavy atom. The van der Waals surface area contributed by atoms with Gasteiger partial charge in [0, 0.05) is 25.7 Å². The van der Waals surface area contributed by atoms with Crippen LogP contribution in [0.5, 0.6) is 0 Å². The number of rotatable bonds is 8. The maximum atomic E-state index is 11.1. The molecule has 0 amide bonds. The minimum Gasteiger partial charge on any atom is -0.379 e. The van der Waals surface area contributed by atoms with E-state index in [9.17, 15) is 10.1 Å². The van der Waals surface area contributed by atoms with Gasteiger partial charge in [-0.1, -0.05) is 19.4 Å².